The molecule has 0 radical (unpaired) electrons. The van der Waals surface area contributed by atoms with E-state index in [1.54, 1.807) is 20.8 Å². The summed E-state index contributed by atoms with van der Waals surface area (Å²) in [5.41, 5.74) is 1.33. The van der Waals surface area contributed by atoms with Crippen molar-refractivity contribution in [3.05, 3.63) is 0 Å². The number of hydrogen-bond acceptors (Lipinski definition) is 5. The molecule has 1 saturated heterocycles. The van der Waals surface area contributed by atoms with Gasteiger partial charge < -0.3 is 25.4 Å². The molecule has 0 saturated carbocycles. The maximum Gasteiger partial charge on any atom is 0.408 e. The van der Waals surface area contributed by atoms with Crippen LogP contribution in [0.3, 0.4) is 0 Å². The highest BCUT2D eigenvalue weighted by atomic mass is 16.6. The molecule has 126 valence electrons. The normalized spacial score (nSPS) is 21.7. The zero-order valence-corrected chi connectivity index (χ0v) is 12.9. The lowest BCUT2D eigenvalue weighted by Crippen LogP contribution is -2.63. The molecule has 10 heteroatoms. The maximum atomic E-state index is 11.9. The number of rotatable bonds is 2. The van der Waals surface area contributed by atoms with Gasteiger partial charge in [-0.3, -0.25) is 5.43 Å². The zero-order valence-electron chi connectivity index (χ0n) is 12.9. The molecule has 0 aliphatic carbocycles. The lowest BCUT2D eigenvalue weighted by Gasteiger charge is -2.38. The van der Waals surface area contributed by atoms with Crippen molar-refractivity contribution in [2.45, 2.75) is 44.9 Å². The number of nitrogens with two attached hydrogens (primary N) is 1. The molecule has 2 atom stereocenters. The first-order valence-electron chi connectivity index (χ1n) is 6.87. The van der Waals surface area contributed by atoms with Crippen LogP contribution < -0.4 is 21.9 Å². The van der Waals surface area contributed by atoms with Crippen LogP contribution in [0.15, 0.2) is 0 Å². The number of carbonyl (C=O) groups excluding carboxylic acids is 2. The summed E-state index contributed by atoms with van der Waals surface area (Å²) in [6.45, 7) is 5.59. The van der Waals surface area contributed by atoms with E-state index in [-0.39, 0.29) is 6.54 Å². The third kappa shape index (κ3) is 5.64. The molecular formula is C12H23N5O5. The molecule has 1 fully saturated rings. The Bertz CT molecular complexity index is 436. The van der Waals surface area contributed by atoms with Crippen molar-refractivity contribution in [3.63, 3.8) is 0 Å². The van der Waals surface area contributed by atoms with Crippen molar-refractivity contribution < 1.29 is 24.2 Å². The van der Waals surface area contributed by atoms with E-state index >= 15 is 0 Å². The number of nitrogens with one attached hydrogen (secondary N) is 3. The molecule has 1 rings (SSSR count). The fourth-order valence-corrected chi connectivity index (χ4v) is 2.16. The van der Waals surface area contributed by atoms with Crippen molar-refractivity contribution in [2.75, 3.05) is 13.1 Å². The van der Waals surface area contributed by atoms with Crippen LogP contribution in [0, 0.1) is 0 Å². The molecule has 0 aromatic rings. The van der Waals surface area contributed by atoms with Gasteiger partial charge in [-0.15, -0.1) is 0 Å². The topological polar surface area (TPSA) is 146 Å². The number of hydrazine groups is 1. The summed E-state index contributed by atoms with van der Waals surface area (Å²) in [6.07, 6.45) is -1.53. The first-order valence-corrected chi connectivity index (χ1v) is 6.87. The van der Waals surface area contributed by atoms with Gasteiger partial charge in [0.2, 0.25) is 0 Å². The quantitative estimate of drug-likeness (QED) is 0.271. The number of piperidine rings is 1. The number of ether oxygens (including phenoxy) is 1. The first-order chi connectivity index (χ1) is 10.1. The van der Waals surface area contributed by atoms with E-state index in [0.717, 1.165) is 0 Å². The standard InChI is InChI=1S/C12H23N5O5/c1-12(2,3)22-11(21)15-8-6-17(9(18)16-13)5-4-7(8)14-10(19)20/h7-8,14H,4-6,13H2,1-3H3,(H,15,21)(H,16,18)(H,19,20)/t7-,8+/m0/s1. The van der Waals surface area contributed by atoms with Crippen molar-refractivity contribution in [2.24, 2.45) is 5.84 Å². The lowest BCUT2D eigenvalue weighted by atomic mass is 9.99. The number of alkyl carbamates (subject to hydrolysis) is 1. The Morgan fingerprint density at radius 1 is 1.23 bits per heavy atom. The number of likely N-dealkylation sites (tertiary alicyclic amines) is 1. The predicted molar refractivity (Wildman–Crippen MR) is 77.0 cm³/mol. The van der Waals surface area contributed by atoms with Crippen LogP contribution in [0.4, 0.5) is 14.4 Å². The predicted octanol–water partition coefficient (Wildman–Crippen LogP) is -0.195. The van der Waals surface area contributed by atoms with Gasteiger partial charge in [0.25, 0.3) is 0 Å². The fourth-order valence-electron chi connectivity index (χ4n) is 2.16. The minimum absolute atomic E-state index is 0.118. The Hall–Kier alpha value is -2.23. The number of nitrogens with zero attached hydrogens (tertiary/aromatic N) is 1. The number of carbonyl (C=O) groups is 3. The SMILES string of the molecule is CC(C)(C)OC(=O)N[C@@H]1CN(C(=O)NN)CC[C@@H]1NC(=O)O. The van der Waals surface area contributed by atoms with E-state index < -0.39 is 35.9 Å². The van der Waals surface area contributed by atoms with E-state index in [1.807, 2.05) is 5.43 Å². The van der Waals surface area contributed by atoms with Gasteiger partial charge in [-0.2, -0.15) is 0 Å². The van der Waals surface area contributed by atoms with Gasteiger partial charge in [-0.1, -0.05) is 0 Å². The number of hydrogen-bond donors (Lipinski definition) is 5. The first kappa shape index (κ1) is 17.8. The number of urea groups is 1. The van der Waals surface area contributed by atoms with Crippen molar-refractivity contribution in [3.8, 4) is 0 Å². The fraction of sp³-hybridized carbons (Fsp3) is 0.750. The van der Waals surface area contributed by atoms with E-state index in [1.165, 1.54) is 4.90 Å². The summed E-state index contributed by atoms with van der Waals surface area (Å²) < 4.78 is 5.15. The highest BCUT2D eigenvalue weighted by Gasteiger charge is 2.34. The highest BCUT2D eigenvalue weighted by Crippen LogP contribution is 2.13. The summed E-state index contributed by atoms with van der Waals surface area (Å²) in [4.78, 5) is 35.6. The second-order valence-corrected chi connectivity index (χ2v) is 5.99. The highest BCUT2D eigenvalue weighted by molar-refractivity contribution is 5.74. The minimum Gasteiger partial charge on any atom is -0.465 e. The minimum atomic E-state index is -1.20. The van der Waals surface area contributed by atoms with Crippen molar-refractivity contribution in [1.29, 1.82) is 0 Å². The van der Waals surface area contributed by atoms with E-state index in [0.29, 0.717) is 13.0 Å². The maximum absolute atomic E-state index is 11.9. The molecule has 1 aliphatic rings. The Morgan fingerprint density at radius 3 is 2.36 bits per heavy atom. The van der Waals surface area contributed by atoms with Crippen LogP contribution in [0.1, 0.15) is 27.2 Å². The summed E-state index contributed by atoms with van der Waals surface area (Å²) >= 11 is 0. The van der Waals surface area contributed by atoms with Crippen LogP contribution in [0.2, 0.25) is 0 Å². The van der Waals surface area contributed by atoms with Crippen LogP contribution in [-0.2, 0) is 4.74 Å². The molecule has 0 spiro atoms. The molecule has 0 bridgehead atoms. The molecule has 10 nitrogen and oxygen atoms in total. The van der Waals surface area contributed by atoms with E-state index in [4.69, 9.17) is 15.7 Å². The third-order valence-electron chi connectivity index (χ3n) is 3.03. The van der Waals surface area contributed by atoms with Gasteiger partial charge in [-0.25, -0.2) is 20.2 Å². The van der Waals surface area contributed by atoms with Gasteiger partial charge in [0, 0.05) is 13.1 Å². The lowest BCUT2D eigenvalue weighted by molar-refractivity contribution is 0.0458. The van der Waals surface area contributed by atoms with Crippen molar-refractivity contribution in [1.82, 2.24) is 21.0 Å². The molecule has 0 aromatic heterocycles. The Labute approximate surface area is 128 Å². The van der Waals surface area contributed by atoms with E-state index in [9.17, 15) is 14.4 Å². The second-order valence-electron chi connectivity index (χ2n) is 5.99. The molecule has 4 amide bonds. The zero-order chi connectivity index (χ0) is 16.9. The summed E-state index contributed by atoms with van der Waals surface area (Å²) in [5, 5.41) is 13.8. The van der Waals surface area contributed by atoms with Crippen LogP contribution >= 0.6 is 0 Å². The smallest absolute Gasteiger partial charge is 0.408 e. The summed E-state index contributed by atoms with van der Waals surface area (Å²) in [6, 6.07) is -1.63. The molecule has 1 aliphatic heterocycles. The monoisotopic (exact) mass is 317 g/mol. The average Bonchev–Trinajstić information content (AvgIpc) is 2.37. The van der Waals surface area contributed by atoms with Crippen LogP contribution in [-0.4, -0.2) is 59.0 Å². The largest absolute Gasteiger partial charge is 0.465 e. The Kier molecular flexibility index (Phi) is 5.80. The van der Waals surface area contributed by atoms with Gasteiger partial charge in [0.1, 0.15) is 5.60 Å². The van der Waals surface area contributed by atoms with Gasteiger partial charge in [0.05, 0.1) is 12.1 Å². The van der Waals surface area contributed by atoms with Gasteiger partial charge in [0.15, 0.2) is 0 Å². The number of carboxylic acid groups (broad SMARTS) is 1. The van der Waals surface area contributed by atoms with Crippen LogP contribution in [0.25, 0.3) is 0 Å². The van der Waals surface area contributed by atoms with Crippen LogP contribution in [0.5, 0.6) is 0 Å². The summed E-state index contributed by atoms with van der Waals surface area (Å²) in [7, 11) is 0. The van der Waals surface area contributed by atoms with Gasteiger partial charge >= 0.3 is 18.2 Å². The molecule has 0 aromatic carbocycles. The van der Waals surface area contributed by atoms with E-state index in [2.05, 4.69) is 10.6 Å². The average molecular weight is 317 g/mol. The molecule has 6 N–H and O–H groups in total. The second kappa shape index (κ2) is 7.16. The molecule has 0 unspecified atom stereocenters. The Morgan fingerprint density at radius 2 is 1.86 bits per heavy atom. The Balaban J connectivity index is 2.74. The molecule has 22 heavy (non-hydrogen) atoms. The van der Waals surface area contributed by atoms with Crippen molar-refractivity contribution >= 4 is 18.2 Å². The summed E-state index contributed by atoms with van der Waals surface area (Å²) in [5.74, 6) is 5.09. The third-order valence-corrected chi connectivity index (χ3v) is 3.03. The number of amides is 4. The molecule has 1 heterocycles. The molecular weight excluding hydrogens is 294 g/mol. The van der Waals surface area contributed by atoms with Gasteiger partial charge in [-0.05, 0) is 27.2 Å².